The second kappa shape index (κ2) is 12.0. The lowest BCUT2D eigenvalue weighted by atomic mass is 9.94. The number of thiazole rings is 1. The molecule has 0 aliphatic carbocycles. The molecule has 1 amide bonds. The second-order valence-corrected chi connectivity index (χ2v) is 10.5. The molecule has 0 fully saturated rings. The van der Waals surface area contributed by atoms with E-state index in [1.54, 1.807) is 67.1 Å². The van der Waals surface area contributed by atoms with E-state index in [2.05, 4.69) is 5.32 Å². The van der Waals surface area contributed by atoms with Crippen molar-refractivity contribution in [3.63, 3.8) is 0 Å². The molecule has 1 N–H and O–H groups in total. The van der Waals surface area contributed by atoms with Gasteiger partial charge >= 0.3 is 0 Å². The highest BCUT2D eigenvalue weighted by molar-refractivity contribution is 7.07. The van der Waals surface area contributed by atoms with E-state index in [1.807, 2.05) is 31.2 Å². The third-order valence-corrected chi connectivity index (χ3v) is 7.87. The fourth-order valence-corrected chi connectivity index (χ4v) is 5.99. The SMILES string of the molecule is CCOc1ccc(/C=c2/sc3n(c2=O)[C@H](c2ccc(OC)cc2OC)C(C(=O)Nc2ccccc2)=C(C)N=3)cc1Cl. The van der Waals surface area contributed by atoms with E-state index < -0.39 is 6.04 Å². The lowest BCUT2D eigenvalue weighted by molar-refractivity contribution is -0.113. The maximum Gasteiger partial charge on any atom is 0.271 e. The molecule has 8 nitrogen and oxygen atoms in total. The number of halogens is 1. The third kappa shape index (κ3) is 5.64. The molecular formula is C31H28ClN3O5S. The number of carbonyl (C=O) groups is 1. The van der Waals surface area contributed by atoms with Gasteiger partial charge in [0, 0.05) is 17.3 Å². The highest BCUT2D eigenvalue weighted by Crippen LogP contribution is 2.37. The maximum absolute atomic E-state index is 14.0. The molecule has 0 spiro atoms. The zero-order valence-corrected chi connectivity index (χ0v) is 24.5. The van der Waals surface area contributed by atoms with Crippen molar-refractivity contribution in [3.05, 3.63) is 114 Å². The molecule has 0 bridgehead atoms. The molecule has 0 saturated carbocycles. The lowest BCUT2D eigenvalue weighted by Gasteiger charge is -2.26. The average molecular weight is 590 g/mol. The summed E-state index contributed by atoms with van der Waals surface area (Å²) < 4.78 is 18.6. The molecule has 1 aromatic heterocycles. The van der Waals surface area contributed by atoms with Crippen LogP contribution in [-0.4, -0.2) is 31.3 Å². The number of fused-ring (bicyclic) bond motifs is 1. The predicted octanol–water partition coefficient (Wildman–Crippen LogP) is 4.94. The van der Waals surface area contributed by atoms with Crippen molar-refractivity contribution in [3.8, 4) is 17.2 Å². The summed E-state index contributed by atoms with van der Waals surface area (Å²) in [5, 5.41) is 3.40. The van der Waals surface area contributed by atoms with Crippen LogP contribution in [0.15, 0.2) is 87.8 Å². The van der Waals surface area contributed by atoms with Crippen molar-refractivity contribution < 1.29 is 19.0 Å². The van der Waals surface area contributed by atoms with Crippen molar-refractivity contribution >= 4 is 40.6 Å². The molecule has 0 radical (unpaired) electrons. The molecule has 0 saturated heterocycles. The summed E-state index contributed by atoms with van der Waals surface area (Å²) >= 11 is 7.64. The van der Waals surface area contributed by atoms with Gasteiger partial charge in [0.15, 0.2) is 4.80 Å². The van der Waals surface area contributed by atoms with Crippen LogP contribution in [0.4, 0.5) is 5.69 Å². The highest BCUT2D eigenvalue weighted by Gasteiger charge is 2.34. The number of ether oxygens (including phenoxy) is 3. The number of aromatic nitrogens is 1. The largest absolute Gasteiger partial charge is 0.497 e. The fourth-order valence-electron chi connectivity index (χ4n) is 4.70. The van der Waals surface area contributed by atoms with E-state index in [0.29, 0.717) is 60.7 Å². The van der Waals surface area contributed by atoms with Gasteiger partial charge in [0.25, 0.3) is 11.5 Å². The first kappa shape index (κ1) is 28.2. The number of hydrogen-bond donors (Lipinski definition) is 1. The van der Waals surface area contributed by atoms with Crippen LogP contribution in [0.1, 0.15) is 31.0 Å². The number of hydrogen-bond acceptors (Lipinski definition) is 7. The van der Waals surface area contributed by atoms with Gasteiger partial charge in [0.05, 0.1) is 41.7 Å². The van der Waals surface area contributed by atoms with Gasteiger partial charge in [-0.15, -0.1) is 0 Å². The summed E-state index contributed by atoms with van der Waals surface area (Å²) in [5.74, 6) is 1.26. The Bertz CT molecular complexity index is 1830. The van der Waals surface area contributed by atoms with E-state index in [1.165, 1.54) is 18.4 Å². The minimum Gasteiger partial charge on any atom is -0.497 e. The number of methoxy groups -OCH3 is 2. The number of para-hydroxylation sites is 1. The molecule has 4 aromatic rings. The van der Waals surface area contributed by atoms with Crippen LogP contribution in [0.5, 0.6) is 17.2 Å². The van der Waals surface area contributed by atoms with Crippen molar-refractivity contribution in [1.29, 1.82) is 0 Å². The van der Waals surface area contributed by atoms with Gasteiger partial charge in [-0.3, -0.25) is 14.2 Å². The van der Waals surface area contributed by atoms with Crippen molar-refractivity contribution in [2.24, 2.45) is 4.99 Å². The van der Waals surface area contributed by atoms with Crippen LogP contribution in [0.25, 0.3) is 6.08 Å². The maximum atomic E-state index is 14.0. The number of rotatable bonds is 8. The second-order valence-electron chi connectivity index (χ2n) is 9.13. The monoisotopic (exact) mass is 589 g/mol. The summed E-state index contributed by atoms with van der Waals surface area (Å²) in [5.41, 5.74) is 2.53. The van der Waals surface area contributed by atoms with Gasteiger partial charge < -0.3 is 19.5 Å². The zero-order valence-electron chi connectivity index (χ0n) is 22.9. The predicted molar refractivity (Wildman–Crippen MR) is 161 cm³/mol. The Labute approximate surface area is 245 Å². The minimum absolute atomic E-state index is 0.292. The first-order chi connectivity index (χ1) is 19.8. The Hall–Kier alpha value is -4.34. The van der Waals surface area contributed by atoms with Gasteiger partial charge in [-0.05, 0) is 61.9 Å². The van der Waals surface area contributed by atoms with E-state index >= 15 is 0 Å². The van der Waals surface area contributed by atoms with Crippen molar-refractivity contribution in [1.82, 2.24) is 4.57 Å². The van der Waals surface area contributed by atoms with Crippen LogP contribution in [0.2, 0.25) is 5.02 Å². The minimum atomic E-state index is -0.804. The van der Waals surface area contributed by atoms with Crippen LogP contribution in [-0.2, 0) is 4.79 Å². The van der Waals surface area contributed by atoms with E-state index in [9.17, 15) is 9.59 Å². The van der Waals surface area contributed by atoms with E-state index in [4.69, 9.17) is 30.8 Å². The molecule has 10 heteroatoms. The normalized spacial score (nSPS) is 14.8. The number of amides is 1. The Morgan fingerprint density at radius 3 is 2.54 bits per heavy atom. The Morgan fingerprint density at radius 2 is 1.85 bits per heavy atom. The Kier molecular flexibility index (Phi) is 8.28. The first-order valence-electron chi connectivity index (χ1n) is 12.9. The lowest BCUT2D eigenvalue weighted by Crippen LogP contribution is -2.40. The topological polar surface area (TPSA) is 91.1 Å². The standard InChI is InChI=1S/C31H28ClN3O5S/c1-5-40-24-14-11-19(15-23(24)32)16-26-30(37)35-28(22-13-12-21(38-3)17-25(22)39-4)27(18(2)33-31(35)41-26)29(36)34-20-9-7-6-8-10-20/h6-17,28H,5H2,1-4H3,(H,34,36)/b26-16+/t28-/m1/s1. The molecule has 1 atom stereocenters. The molecule has 3 aromatic carbocycles. The molecule has 210 valence electrons. The molecule has 0 unspecified atom stereocenters. The Balaban J connectivity index is 1.69. The van der Waals surface area contributed by atoms with Crippen molar-refractivity contribution in [2.75, 3.05) is 26.1 Å². The summed E-state index contributed by atoms with van der Waals surface area (Å²) in [4.78, 5) is 33.0. The molecule has 2 heterocycles. The quantitative estimate of drug-likeness (QED) is 0.314. The summed E-state index contributed by atoms with van der Waals surface area (Å²) in [6, 6.07) is 19.0. The number of nitrogens with one attached hydrogen (secondary N) is 1. The van der Waals surface area contributed by atoms with Crippen LogP contribution >= 0.6 is 22.9 Å². The van der Waals surface area contributed by atoms with Gasteiger partial charge in [0.1, 0.15) is 23.3 Å². The molecule has 1 aliphatic rings. The number of benzene rings is 3. The molecule has 1 aliphatic heterocycles. The van der Waals surface area contributed by atoms with Gasteiger partial charge in [0.2, 0.25) is 0 Å². The van der Waals surface area contributed by atoms with Gasteiger partial charge in [-0.1, -0.05) is 47.2 Å². The molecule has 41 heavy (non-hydrogen) atoms. The molecular weight excluding hydrogens is 562 g/mol. The highest BCUT2D eigenvalue weighted by atomic mass is 35.5. The third-order valence-electron chi connectivity index (χ3n) is 6.59. The van der Waals surface area contributed by atoms with Gasteiger partial charge in [-0.25, -0.2) is 4.99 Å². The van der Waals surface area contributed by atoms with Crippen molar-refractivity contribution in [2.45, 2.75) is 19.9 Å². The van der Waals surface area contributed by atoms with E-state index in [-0.39, 0.29) is 11.5 Å². The number of nitrogens with zero attached hydrogens (tertiary/aromatic N) is 2. The summed E-state index contributed by atoms with van der Waals surface area (Å²) in [6.07, 6.45) is 1.76. The smallest absolute Gasteiger partial charge is 0.271 e. The zero-order chi connectivity index (χ0) is 29.1. The molecule has 5 rings (SSSR count). The summed E-state index contributed by atoms with van der Waals surface area (Å²) in [6.45, 7) is 4.15. The van der Waals surface area contributed by atoms with Crippen LogP contribution < -0.4 is 34.4 Å². The van der Waals surface area contributed by atoms with Crippen LogP contribution in [0, 0.1) is 0 Å². The summed E-state index contributed by atoms with van der Waals surface area (Å²) in [7, 11) is 3.10. The van der Waals surface area contributed by atoms with E-state index in [0.717, 1.165) is 5.56 Å². The number of allylic oxidation sites excluding steroid dienone is 1. The first-order valence-corrected chi connectivity index (χ1v) is 14.1. The number of carbonyl (C=O) groups excluding carboxylic acids is 1. The van der Waals surface area contributed by atoms with Gasteiger partial charge in [-0.2, -0.15) is 0 Å². The number of anilines is 1. The average Bonchev–Trinajstić information content (AvgIpc) is 3.27. The fraction of sp³-hybridized carbons (Fsp3) is 0.194. The Morgan fingerprint density at radius 1 is 1.07 bits per heavy atom. The van der Waals surface area contributed by atoms with Crippen LogP contribution in [0.3, 0.4) is 0 Å².